The topological polar surface area (TPSA) is 3.24 Å². The number of hydrogen-bond acceptors (Lipinski definition) is 1. The van der Waals surface area contributed by atoms with E-state index in [4.69, 9.17) is 0 Å². The summed E-state index contributed by atoms with van der Waals surface area (Å²) in [5.41, 5.74) is -0.409. The van der Waals surface area contributed by atoms with Crippen LogP contribution in [0.4, 0.5) is 23.0 Å². The summed E-state index contributed by atoms with van der Waals surface area (Å²) < 4.78 is 49.6. The second kappa shape index (κ2) is 4.59. The maximum atomic E-state index is 12.8. The van der Waals surface area contributed by atoms with Crippen molar-refractivity contribution in [2.45, 2.75) is 0 Å². The van der Waals surface area contributed by atoms with Crippen molar-refractivity contribution in [1.29, 1.82) is 0 Å². The number of likely N-dealkylation sites (N-methyl/N-ethyl adjacent to an activating group) is 1. The molecular weight excluding hydrogens is 221 g/mol. The minimum absolute atomic E-state index is 0.354. The molecule has 1 rings (SSSR count). The van der Waals surface area contributed by atoms with Gasteiger partial charge in [0.15, 0.2) is 0 Å². The highest BCUT2D eigenvalue weighted by Crippen LogP contribution is 2.21. The Morgan fingerprint density at radius 2 is 2.00 bits per heavy atom. The van der Waals surface area contributed by atoms with E-state index in [1.165, 1.54) is 30.1 Å². The van der Waals surface area contributed by atoms with E-state index in [0.717, 1.165) is 0 Å². The predicted octanol–water partition coefficient (Wildman–Crippen LogP) is 3.20. The van der Waals surface area contributed by atoms with E-state index >= 15 is 0 Å². The molecule has 0 aliphatic carbocycles. The Labute approximate surface area is 91.4 Å². The summed E-state index contributed by atoms with van der Waals surface area (Å²) >= 11 is 0. The summed E-state index contributed by atoms with van der Waals surface area (Å²) in [5, 5.41) is 0. The maximum Gasteiger partial charge on any atom is 0.506 e. The van der Waals surface area contributed by atoms with Gasteiger partial charge in [0, 0.05) is 19.3 Å². The molecule has 0 radical (unpaired) electrons. The SMILES string of the molecule is C=C(CN(C)c1cccc(F)c1)[B-](F)(F)F. The summed E-state index contributed by atoms with van der Waals surface area (Å²) in [4.78, 5) is 1.31. The fraction of sp³-hybridized carbons (Fsp3) is 0.200. The number of anilines is 1. The highest BCUT2D eigenvalue weighted by atomic mass is 19.4. The standard InChI is InChI=1S/C10H11BF4N/c1-8(11(13,14)15)7-16(2)10-5-3-4-9(12)6-10/h3-6H,1,7H2,2H3/q-1. The third-order valence-corrected chi connectivity index (χ3v) is 2.15. The third kappa shape index (κ3) is 3.29. The average Bonchev–Trinajstić information content (AvgIpc) is 2.16. The Kier molecular flexibility index (Phi) is 3.62. The molecule has 0 heterocycles. The minimum Gasteiger partial charge on any atom is -0.445 e. The maximum absolute atomic E-state index is 12.8. The Bertz CT molecular complexity index is 389. The fourth-order valence-corrected chi connectivity index (χ4v) is 1.21. The molecule has 1 aromatic rings. The normalized spacial score (nSPS) is 11.3. The zero-order valence-corrected chi connectivity index (χ0v) is 8.76. The van der Waals surface area contributed by atoms with E-state index in [-0.39, 0.29) is 6.54 Å². The first kappa shape index (κ1) is 12.6. The van der Waals surface area contributed by atoms with E-state index in [1.807, 2.05) is 0 Å². The van der Waals surface area contributed by atoms with Crippen LogP contribution in [-0.2, 0) is 0 Å². The van der Waals surface area contributed by atoms with Crippen molar-refractivity contribution in [2.24, 2.45) is 0 Å². The van der Waals surface area contributed by atoms with Crippen molar-refractivity contribution >= 4 is 12.7 Å². The van der Waals surface area contributed by atoms with Gasteiger partial charge in [-0.2, -0.15) is 0 Å². The zero-order valence-electron chi connectivity index (χ0n) is 8.76. The van der Waals surface area contributed by atoms with Crippen molar-refractivity contribution in [3.8, 4) is 0 Å². The molecule has 0 amide bonds. The van der Waals surface area contributed by atoms with Crippen molar-refractivity contribution in [3.63, 3.8) is 0 Å². The molecule has 0 bridgehead atoms. The molecule has 0 saturated heterocycles. The van der Waals surface area contributed by atoms with Gasteiger partial charge in [-0.25, -0.2) is 4.39 Å². The van der Waals surface area contributed by atoms with Crippen LogP contribution in [0.3, 0.4) is 0 Å². The Hall–Kier alpha value is -1.46. The summed E-state index contributed by atoms with van der Waals surface area (Å²) in [6, 6.07) is 5.40. The summed E-state index contributed by atoms with van der Waals surface area (Å²) in [7, 11) is 1.46. The lowest BCUT2D eigenvalue weighted by molar-refractivity contribution is 0.488. The molecule has 0 atom stereocenters. The van der Waals surface area contributed by atoms with Gasteiger partial charge in [0.05, 0.1) is 0 Å². The van der Waals surface area contributed by atoms with E-state index in [1.54, 1.807) is 6.07 Å². The fourth-order valence-electron chi connectivity index (χ4n) is 1.21. The van der Waals surface area contributed by atoms with Gasteiger partial charge in [0.1, 0.15) is 5.82 Å². The van der Waals surface area contributed by atoms with Crippen LogP contribution in [0.15, 0.2) is 36.3 Å². The number of nitrogens with zero attached hydrogens (tertiary/aromatic N) is 1. The number of halogens is 4. The molecule has 0 aliphatic heterocycles. The first-order chi connectivity index (χ1) is 7.30. The highest BCUT2D eigenvalue weighted by Gasteiger charge is 2.27. The van der Waals surface area contributed by atoms with Crippen LogP contribution in [-0.4, -0.2) is 20.6 Å². The van der Waals surface area contributed by atoms with Gasteiger partial charge in [-0.1, -0.05) is 6.07 Å². The van der Waals surface area contributed by atoms with Crippen molar-refractivity contribution in [2.75, 3.05) is 18.5 Å². The highest BCUT2D eigenvalue weighted by molar-refractivity contribution is 6.66. The quantitative estimate of drug-likeness (QED) is 0.569. The number of rotatable bonds is 4. The molecule has 0 aromatic heterocycles. The van der Waals surface area contributed by atoms with Crippen molar-refractivity contribution < 1.29 is 17.3 Å². The lowest BCUT2D eigenvalue weighted by Gasteiger charge is -2.25. The molecule has 0 fully saturated rings. The smallest absolute Gasteiger partial charge is 0.445 e. The molecule has 0 unspecified atom stereocenters. The average molecular weight is 232 g/mol. The van der Waals surface area contributed by atoms with Gasteiger partial charge < -0.3 is 17.8 Å². The van der Waals surface area contributed by atoms with Crippen LogP contribution in [0.5, 0.6) is 0 Å². The summed E-state index contributed by atoms with van der Waals surface area (Å²) in [6.07, 6.45) is 0. The van der Waals surface area contributed by atoms with Gasteiger partial charge in [-0.3, -0.25) is 0 Å². The lowest BCUT2D eigenvalue weighted by atomic mass is 9.80. The molecule has 0 saturated carbocycles. The third-order valence-electron chi connectivity index (χ3n) is 2.15. The van der Waals surface area contributed by atoms with Crippen LogP contribution < -0.4 is 4.90 Å². The van der Waals surface area contributed by atoms with Crippen LogP contribution in [0.25, 0.3) is 0 Å². The van der Waals surface area contributed by atoms with Crippen LogP contribution in [0, 0.1) is 5.82 Å². The van der Waals surface area contributed by atoms with Crippen LogP contribution in [0.2, 0.25) is 0 Å². The van der Waals surface area contributed by atoms with Crippen molar-refractivity contribution in [1.82, 2.24) is 0 Å². The molecule has 6 heteroatoms. The molecule has 1 nitrogen and oxygen atoms in total. The van der Waals surface area contributed by atoms with Gasteiger partial charge in [-0.05, 0) is 18.2 Å². The largest absolute Gasteiger partial charge is 0.506 e. The minimum atomic E-state index is -5.04. The summed E-state index contributed by atoms with van der Waals surface area (Å²) in [6.45, 7) is -2.41. The van der Waals surface area contributed by atoms with Gasteiger partial charge in [0.2, 0.25) is 0 Å². The lowest BCUT2D eigenvalue weighted by Crippen LogP contribution is -2.30. The Morgan fingerprint density at radius 1 is 1.38 bits per heavy atom. The number of benzene rings is 1. The van der Waals surface area contributed by atoms with E-state index in [0.29, 0.717) is 5.69 Å². The molecule has 88 valence electrons. The second-order valence-electron chi connectivity index (χ2n) is 3.57. The van der Waals surface area contributed by atoms with Gasteiger partial charge in [-0.15, -0.1) is 12.1 Å². The first-order valence-corrected chi connectivity index (χ1v) is 4.65. The Morgan fingerprint density at radius 3 is 2.50 bits per heavy atom. The molecule has 16 heavy (non-hydrogen) atoms. The monoisotopic (exact) mass is 232 g/mol. The van der Waals surface area contributed by atoms with Crippen LogP contribution in [0.1, 0.15) is 0 Å². The second-order valence-corrected chi connectivity index (χ2v) is 3.57. The molecule has 0 spiro atoms. The zero-order chi connectivity index (χ0) is 12.3. The van der Waals surface area contributed by atoms with Crippen molar-refractivity contribution in [3.05, 3.63) is 42.1 Å². The van der Waals surface area contributed by atoms with Gasteiger partial charge in [0.25, 0.3) is 0 Å². The molecular formula is C10H11BF4N-. The first-order valence-electron chi connectivity index (χ1n) is 4.65. The van der Waals surface area contributed by atoms with Gasteiger partial charge >= 0.3 is 6.98 Å². The summed E-state index contributed by atoms with van der Waals surface area (Å²) in [5.74, 6) is -0.479. The number of hydrogen-bond donors (Lipinski definition) is 0. The molecule has 0 N–H and O–H groups in total. The Balaban J connectivity index is 2.73. The molecule has 0 aliphatic rings. The predicted molar refractivity (Wildman–Crippen MR) is 57.9 cm³/mol. The van der Waals surface area contributed by atoms with E-state index in [2.05, 4.69) is 6.58 Å². The van der Waals surface area contributed by atoms with Crippen LogP contribution >= 0.6 is 0 Å². The molecule has 1 aromatic carbocycles. The van der Waals surface area contributed by atoms with E-state index < -0.39 is 18.3 Å². The van der Waals surface area contributed by atoms with E-state index in [9.17, 15) is 17.3 Å².